The van der Waals surface area contributed by atoms with Gasteiger partial charge >= 0.3 is 0 Å². The van der Waals surface area contributed by atoms with Crippen LogP contribution in [0.15, 0.2) is 22.8 Å². The number of hydrogen-bond donors (Lipinski definition) is 1. The second kappa shape index (κ2) is 5.14. The van der Waals surface area contributed by atoms with E-state index in [0.29, 0.717) is 11.7 Å². The minimum absolute atomic E-state index is 0.0806. The van der Waals surface area contributed by atoms with Crippen LogP contribution in [0.1, 0.15) is 6.92 Å². The average molecular weight is 317 g/mol. The van der Waals surface area contributed by atoms with E-state index < -0.39 is 10.8 Å². The van der Waals surface area contributed by atoms with Crippen LogP contribution >= 0.6 is 15.9 Å². The molecule has 0 radical (unpaired) electrons. The van der Waals surface area contributed by atoms with Gasteiger partial charge in [0.05, 0.1) is 4.47 Å². The van der Waals surface area contributed by atoms with E-state index >= 15 is 0 Å². The van der Waals surface area contributed by atoms with Gasteiger partial charge in [-0.25, -0.2) is 4.52 Å². The monoisotopic (exact) mass is 316 g/mol. The molecule has 0 saturated carbocycles. The fraction of sp³-hybridized carbons (Fsp3) is 0.400. The van der Waals surface area contributed by atoms with Crippen molar-refractivity contribution in [3.8, 4) is 0 Å². The van der Waals surface area contributed by atoms with Crippen LogP contribution in [0.4, 0.5) is 5.95 Å². The predicted molar refractivity (Wildman–Crippen MR) is 72.7 cm³/mol. The average Bonchev–Trinajstić information content (AvgIpc) is 2.60. The Bertz CT molecular complexity index is 556. The van der Waals surface area contributed by atoms with Crippen molar-refractivity contribution in [1.82, 2.24) is 14.6 Å². The lowest BCUT2D eigenvalue weighted by Gasteiger charge is -2.09. The normalized spacial score (nSPS) is 14.8. The standard InChI is InChI=1S/C10H13BrN4OS/c1-7(6-17(2)16)12-10-13-9-8(11)4-3-5-15(9)14-10/h3-5,7H,6H2,1-2H3,(H,12,14). The molecule has 0 aliphatic rings. The first-order chi connectivity index (χ1) is 8.06. The van der Waals surface area contributed by atoms with Gasteiger partial charge in [0.25, 0.3) is 0 Å². The molecule has 0 saturated heterocycles. The zero-order chi connectivity index (χ0) is 12.4. The summed E-state index contributed by atoms with van der Waals surface area (Å²) in [5.74, 6) is 1.13. The highest BCUT2D eigenvalue weighted by Crippen LogP contribution is 2.17. The maximum absolute atomic E-state index is 11.1. The Labute approximate surface area is 110 Å². The van der Waals surface area contributed by atoms with Crippen LogP contribution in [0, 0.1) is 0 Å². The first-order valence-corrected chi connectivity index (χ1v) is 7.65. The number of hydrogen-bond acceptors (Lipinski definition) is 4. The molecule has 0 aromatic carbocycles. The van der Waals surface area contributed by atoms with Crippen LogP contribution < -0.4 is 5.32 Å². The van der Waals surface area contributed by atoms with Crippen LogP contribution in [0.2, 0.25) is 0 Å². The lowest BCUT2D eigenvalue weighted by molar-refractivity contribution is 0.682. The summed E-state index contributed by atoms with van der Waals surface area (Å²) >= 11 is 3.42. The van der Waals surface area contributed by atoms with E-state index in [1.807, 2.05) is 25.3 Å². The van der Waals surface area contributed by atoms with Gasteiger partial charge in [-0.2, -0.15) is 4.98 Å². The van der Waals surface area contributed by atoms with Crippen molar-refractivity contribution in [2.24, 2.45) is 0 Å². The Morgan fingerprint density at radius 3 is 3.06 bits per heavy atom. The van der Waals surface area contributed by atoms with Gasteiger partial charge in [-0.1, -0.05) is 0 Å². The lowest BCUT2D eigenvalue weighted by Crippen LogP contribution is -2.22. The molecule has 0 spiro atoms. The van der Waals surface area contributed by atoms with Gasteiger partial charge in [-0.05, 0) is 35.0 Å². The molecule has 2 unspecified atom stereocenters. The summed E-state index contributed by atoms with van der Waals surface area (Å²) < 4.78 is 13.7. The lowest BCUT2D eigenvalue weighted by atomic mass is 10.4. The van der Waals surface area contributed by atoms with E-state index in [4.69, 9.17) is 0 Å². The Balaban J connectivity index is 2.20. The fourth-order valence-electron chi connectivity index (χ4n) is 1.55. The molecule has 2 aromatic heterocycles. The molecule has 0 fully saturated rings. The van der Waals surface area contributed by atoms with Crippen LogP contribution in [-0.4, -0.2) is 36.9 Å². The predicted octanol–water partition coefficient (Wildman–Crippen LogP) is 1.67. The van der Waals surface area contributed by atoms with Crippen molar-refractivity contribution in [2.75, 3.05) is 17.3 Å². The summed E-state index contributed by atoms with van der Waals surface area (Å²) in [6, 6.07) is 3.88. The Morgan fingerprint density at radius 2 is 2.41 bits per heavy atom. The van der Waals surface area contributed by atoms with Crippen molar-refractivity contribution in [3.05, 3.63) is 22.8 Å². The van der Waals surface area contributed by atoms with Gasteiger partial charge in [0.2, 0.25) is 5.95 Å². The third kappa shape index (κ3) is 3.04. The number of halogens is 1. The van der Waals surface area contributed by atoms with E-state index in [2.05, 4.69) is 31.3 Å². The number of pyridine rings is 1. The first kappa shape index (κ1) is 12.5. The highest BCUT2D eigenvalue weighted by molar-refractivity contribution is 9.10. The van der Waals surface area contributed by atoms with Gasteiger partial charge in [-0.15, -0.1) is 5.10 Å². The summed E-state index contributed by atoms with van der Waals surface area (Å²) in [7, 11) is -0.826. The molecule has 0 amide bonds. The molecule has 0 aliphatic heterocycles. The molecule has 7 heteroatoms. The number of anilines is 1. The van der Waals surface area contributed by atoms with Crippen LogP contribution in [0.5, 0.6) is 0 Å². The molecule has 5 nitrogen and oxygen atoms in total. The number of aromatic nitrogens is 3. The van der Waals surface area contributed by atoms with E-state index in [1.54, 1.807) is 10.8 Å². The Morgan fingerprint density at radius 1 is 1.65 bits per heavy atom. The number of fused-ring (bicyclic) bond motifs is 1. The van der Waals surface area contributed by atoms with Crippen molar-refractivity contribution in [3.63, 3.8) is 0 Å². The summed E-state index contributed by atoms with van der Waals surface area (Å²) in [6.07, 6.45) is 3.52. The van der Waals surface area contributed by atoms with Crippen molar-refractivity contribution < 1.29 is 4.21 Å². The molecule has 2 aromatic rings. The van der Waals surface area contributed by atoms with Crippen molar-refractivity contribution in [2.45, 2.75) is 13.0 Å². The highest BCUT2D eigenvalue weighted by Gasteiger charge is 2.09. The molecule has 1 N–H and O–H groups in total. The second-order valence-corrected chi connectivity index (χ2v) is 6.18. The van der Waals surface area contributed by atoms with E-state index in [1.165, 1.54) is 0 Å². The maximum Gasteiger partial charge on any atom is 0.243 e. The molecule has 0 aliphatic carbocycles. The highest BCUT2D eigenvalue weighted by atomic mass is 79.9. The topological polar surface area (TPSA) is 59.3 Å². The minimum atomic E-state index is -0.826. The van der Waals surface area contributed by atoms with Gasteiger partial charge in [0.1, 0.15) is 0 Å². The van der Waals surface area contributed by atoms with Crippen LogP contribution in [0.3, 0.4) is 0 Å². The molecule has 2 rings (SSSR count). The Hall–Kier alpha value is -0.950. The van der Waals surface area contributed by atoms with Gasteiger partial charge in [-0.3, -0.25) is 4.21 Å². The van der Waals surface area contributed by atoms with Crippen molar-refractivity contribution >= 4 is 38.3 Å². The summed E-state index contributed by atoms with van der Waals surface area (Å²) in [6.45, 7) is 1.96. The summed E-state index contributed by atoms with van der Waals surface area (Å²) in [4.78, 5) is 4.35. The maximum atomic E-state index is 11.1. The van der Waals surface area contributed by atoms with E-state index in [9.17, 15) is 4.21 Å². The third-order valence-corrected chi connectivity index (χ3v) is 3.76. The molecule has 17 heavy (non-hydrogen) atoms. The number of nitrogens with zero attached hydrogens (tertiary/aromatic N) is 3. The summed E-state index contributed by atoms with van der Waals surface area (Å²) in [5, 5.41) is 7.42. The number of rotatable bonds is 4. The van der Waals surface area contributed by atoms with Crippen LogP contribution in [0.25, 0.3) is 5.65 Å². The zero-order valence-electron chi connectivity index (χ0n) is 9.55. The van der Waals surface area contributed by atoms with E-state index in [0.717, 1.165) is 10.1 Å². The summed E-state index contributed by atoms with van der Waals surface area (Å²) in [5.41, 5.74) is 0.764. The minimum Gasteiger partial charge on any atom is -0.350 e. The largest absolute Gasteiger partial charge is 0.350 e. The fourth-order valence-corrected chi connectivity index (χ4v) is 2.76. The third-order valence-electron chi connectivity index (χ3n) is 2.17. The van der Waals surface area contributed by atoms with Gasteiger partial charge in [0, 0.05) is 35.0 Å². The zero-order valence-corrected chi connectivity index (χ0v) is 12.0. The van der Waals surface area contributed by atoms with Crippen molar-refractivity contribution in [1.29, 1.82) is 0 Å². The molecule has 92 valence electrons. The Kier molecular flexibility index (Phi) is 3.78. The molecule has 0 bridgehead atoms. The second-order valence-electron chi connectivity index (χ2n) is 3.84. The van der Waals surface area contributed by atoms with Crippen LogP contribution in [-0.2, 0) is 10.8 Å². The van der Waals surface area contributed by atoms with Gasteiger partial charge in [0.15, 0.2) is 5.65 Å². The molecule has 2 atom stereocenters. The smallest absolute Gasteiger partial charge is 0.243 e. The quantitative estimate of drug-likeness (QED) is 0.932. The SMILES string of the molecule is CC(CS(C)=O)Nc1nc2c(Br)cccn2n1. The van der Waals surface area contributed by atoms with Gasteiger partial charge < -0.3 is 5.32 Å². The number of nitrogens with one attached hydrogen (secondary N) is 1. The molecule has 2 heterocycles. The molecular weight excluding hydrogens is 304 g/mol. The molecular formula is C10H13BrN4OS. The van der Waals surface area contributed by atoms with E-state index in [-0.39, 0.29) is 6.04 Å². The first-order valence-electron chi connectivity index (χ1n) is 5.13.